The van der Waals surface area contributed by atoms with Crippen LogP contribution in [-0.2, 0) is 14.8 Å². The first-order chi connectivity index (χ1) is 14.8. The number of piperidine rings is 1. The fraction of sp³-hybridized carbons (Fsp3) is 0.476. The lowest BCUT2D eigenvalue weighted by Gasteiger charge is -2.46. The summed E-state index contributed by atoms with van der Waals surface area (Å²) < 4.78 is 41.5. The molecule has 8 nitrogen and oxygen atoms in total. The van der Waals surface area contributed by atoms with Crippen LogP contribution in [0.3, 0.4) is 0 Å². The van der Waals surface area contributed by atoms with Gasteiger partial charge >= 0.3 is 0 Å². The van der Waals surface area contributed by atoms with E-state index >= 15 is 0 Å². The van der Waals surface area contributed by atoms with Gasteiger partial charge in [0.15, 0.2) is 0 Å². The molecule has 31 heavy (non-hydrogen) atoms. The van der Waals surface area contributed by atoms with Crippen LogP contribution >= 0.6 is 0 Å². The summed E-state index contributed by atoms with van der Waals surface area (Å²) >= 11 is 0. The number of benzene rings is 1. The number of carbonyl (C=O) groups excluding carboxylic acids is 1. The zero-order valence-electron chi connectivity index (χ0n) is 17.2. The lowest BCUT2D eigenvalue weighted by Crippen LogP contribution is -2.56. The molecule has 4 heterocycles. The summed E-state index contributed by atoms with van der Waals surface area (Å²) in [5, 5.41) is 0. The molecule has 3 aliphatic heterocycles. The van der Waals surface area contributed by atoms with E-state index in [9.17, 15) is 17.6 Å². The summed E-state index contributed by atoms with van der Waals surface area (Å²) in [7, 11) is -2.10. The third-order valence-electron chi connectivity index (χ3n) is 7.20. The number of aromatic nitrogens is 2. The Morgan fingerprint density at radius 3 is 2.42 bits per heavy atom. The van der Waals surface area contributed by atoms with Crippen molar-refractivity contribution in [2.45, 2.75) is 23.3 Å². The second-order valence-corrected chi connectivity index (χ2v) is 10.4. The van der Waals surface area contributed by atoms with E-state index in [1.807, 2.05) is 16.8 Å². The fourth-order valence-corrected chi connectivity index (χ4v) is 7.05. The Hall–Kier alpha value is -2.59. The Labute approximate surface area is 180 Å². The molecule has 3 saturated heterocycles. The average molecular weight is 446 g/mol. The minimum absolute atomic E-state index is 0.0760. The normalized spacial score (nSPS) is 25.9. The van der Waals surface area contributed by atoms with Crippen molar-refractivity contribution in [2.24, 2.45) is 11.8 Å². The Bertz CT molecular complexity index is 1110. The van der Waals surface area contributed by atoms with Gasteiger partial charge in [-0.2, -0.15) is 4.31 Å². The van der Waals surface area contributed by atoms with Crippen LogP contribution in [0.5, 0.6) is 0 Å². The predicted molar refractivity (Wildman–Crippen MR) is 111 cm³/mol. The number of nitrogens with zero attached hydrogens (tertiary/aromatic N) is 5. The molecule has 164 valence electrons. The van der Waals surface area contributed by atoms with Crippen molar-refractivity contribution in [1.29, 1.82) is 0 Å². The van der Waals surface area contributed by atoms with E-state index in [0.29, 0.717) is 31.9 Å². The minimum Gasteiger partial charge on any atom is -0.340 e. The van der Waals surface area contributed by atoms with Gasteiger partial charge in [-0.3, -0.25) is 4.79 Å². The maximum absolute atomic E-state index is 14.2. The predicted octanol–water partition coefficient (Wildman–Crippen LogP) is 1.36. The van der Waals surface area contributed by atoms with Crippen LogP contribution < -0.4 is 4.90 Å². The van der Waals surface area contributed by atoms with Crippen LogP contribution in [-0.4, -0.2) is 72.3 Å². The molecule has 10 heteroatoms. The first-order valence-electron chi connectivity index (χ1n) is 10.4. The molecule has 1 aromatic carbocycles. The molecule has 5 rings (SSSR count). The largest absolute Gasteiger partial charge is 0.340 e. The van der Waals surface area contributed by atoms with Crippen LogP contribution in [0.4, 0.5) is 10.3 Å². The van der Waals surface area contributed by atoms with Crippen molar-refractivity contribution in [3.63, 3.8) is 0 Å². The molecule has 0 saturated carbocycles. The van der Waals surface area contributed by atoms with Crippen molar-refractivity contribution >= 4 is 21.9 Å². The number of amides is 1. The molecule has 0 unspecified atom stereocenters. The molecule has 0 aliphatic carbocycles. The van der Waals surface area contributed by atoms with E-state index in [2.05, 4.69) is 9.97 Å². The Morgan fingerprint density at radius 2 is 1.74 bits per heavy atom. The van der Waals surface area contributed by atoms with E-state index in [1.165, 1.54) is 22.5 Å². The van der Waals surface area contributed by atoms with Crippen molar-refractivity contribution in [2.75, 3.05) is 38.1 Å². The van der Waals surface area contributed by atoms with Gasteiger partial charge in [-0.15, -0.1) is 0 Å². The van der Waals surface area contributed by atoms with Crippen molar-refractivity contribution in [3.05, 3.63) is 48.5 Å². The molecule has 2 aromatic rings. The number of sulfonamides is 1. The summed E-state index contributed by atoms with van der Waals surface area (Å²) in [5.41, 5.74) is -0.410. The van der Waals surface area contributed by atoms with Crippen molar-refractivity contribution in [3.8, 4) is 0 Å². The van der Waals surface area contributed by atoms with E-state index in [-0.39, 0.29) is 35.7 Å². The zero-order valence-corrected chi connectivity index (χ0v) is 18.0. The molecule has 1 aromatic heterocycles. The number of hydrogen-bond acceptors (Lipinski definition) is 6. The van der Waals surface area contributed by atoms with Crippen LogP contribution in [0, 0.1) is 17.7 Å². The van der Waals surface area contributed by atoms with Crippen LogP contribution in [0.1, 0.15) is 12.8 Å². The second-order valence-electron chi connectivity index (χ2n) is 8.50. The van der Waals surface area contributed by atoms with Crippen LogP contribution in [0.2, 0.25) is 0 Å². The monoisotopic (exact) mass is 445 g/mol. The van der Waals surface area contributed by atoms with Crippen molar-refractivity contribution < 1.29 is 17.6 Å². The van der Waals surface area contributed by atoms with Crippen LogP contribution in [0.25, 0.3) is 0 Å². The summed E-state index contributed by atoms with van der Waals surface area (Å²) in [6, 6.07) is 7.21. The number of halogens is 1. The average Bonchev–Trinajstić information content (AvgIpc) is 3.31. The van der Waals surface area contributed by atoms with Gasteiger partial charge in [-0.05, 0) is 31.0 Å². The highest BCUT2D eigenvalue weighted by atomic mass is 32.2. The fourth-order valence-electron chi connectivity index (χ4n) is 5.55. The summed E-state index contributed by atoms with van der Waals surface area (Å²) in [6.45, 7) is 1.72. The van der Waals surface area contributed by atoms with Crippen molar-refractivity contribution in [1.82, 2.24) is 19.2 Å². The van der Waals surface area contributed by atoms with Gasteiger partial charge in [-0.1, -0.05) is 12.1 Å². The third-order valence-corrected chi connectivity index (χ3v) is 9.14. The number of fused-ring (bicyclic) bond motifs is 2. The zero-order chi connectivity index (χ0) is 21.8. The summed E-state index contributed by atoms with van der Waals surface area (Å²) in [5.74, 6) is -0.114. The van der Waals surface area contributed by atoms with Crippen LogP contribution in [0.15, 0.2) is 47.6 Å². The molecule has 3 aliphatic rings. The number of rotatable bonds is 3. The quantitative estimate of drug-likeness (QED) is 0.709. The minimum atomic E-state index is -3.92. The third kappa shape index (κ3) is 3.03. The standard InChI is InChI=1S/C21H24FN5O3S/c1-25-19(28)15-13-26(20-23-9-4-10-24-20)14-16(15)21(25)7-11-27(12-8-21)31(29,30)18-6-3-2-5-17(18)22/h2-6,9-10,15-16H,7-8,11-14H2,1H3/t15-,16+/m0/s1. The maximum atomic E-state index is 14.2. The molecule has 0 radical (unpaired) electrons. The Morgan fingerprint density at radius 1 is 1.06 bits per heavy atom. The molecular formula is C21H24FN5O3S. The van der Waals surface area contributed by atoms with Gasteiger partial charge < -0.3 is 9.80 Å². The number of likely N-dealkylation sites (tertiary alicyclic amines) is 1. The molecule has 1 spiro atoms. The van der Waals surface area contributed by atoms with E-state index in [0.717, 1.165) is 6.07 Å². The molecule has 3 fully saturated rings. The Balaban J connectivity index is 1.38. The highest BCUT2D eigenvalue weighted by molar-refractivity contribution is 7.89. The maximum Gasteiger partial charge on any atom is 0.245 e. The number of hydrogen-bond donors (Lipinski definition) is 0. The molecule has 0 bridgehead atoms. The van der Waals surface area contributed by atoms with Gasteiger partial charge in [-0.25, -0.2) is 22.8 Å². The van der Waals surface area contributed by atoms with E-state index < -0.39 is 21.4 Å². The molecule has 1 amide bonds. The summed E-state index contributed by atoms with van der Waals surface area (Å²) in [4.78, 5) is 25.3. The first-order valence-corrected chi connectivity index (χ1v) is 11.8. The molecule has 2 atom stereocenters. The Kier molecular flexibility index (Phi) is 4.74. The van der Waals surface area contributed by atoms with Gasteiger partial charge in [0.25, 0.3) is 0 Å². The highest BCUT2D eigenvalue weighted by Crippen LogP contribution is 2.49. The highest BCUT2D eigenvalue weighted by Gasteiger charge is 2.61. The number of anilines is 1. The molecule has 0 N–H and O–H groups in total. The van der Waals surface area contributed by atoms with Gasteiger partial charge in [0.2, 0.25) is 21.9 Å². The van der Waals surface area contributed by atoms with Gasteiger partial charge in [0, 0.05) is 51.5 Å². The topological polar surface area (TPSA) is 86.7 Å². The lowest BCUT2D eigenvalue weighted by atomic mass is 9.75. The van der Waals surface area contributed by atoms with Gasteiger partial charge in [0.1, 0.15) is 10.7 Å². The smallest absolute Gasteiger partial charge is 0.245 e. The lowest BCUT2D eigenvalue weighted by molar-refractivity contribution is -0.132. The van der Waals surface area contributed by atoms with E-state index in [4.69, 9.17) is 0 Å². The second kappa shape index (κ2) is 7.23. The summed E-state index contributed by atoms with van der Waals surface area (Å²) in [6.07, 6.45) is 4.42. The number of carbonyl (C=O) groups is 1. The van der Waals surface area contributed by atoms with E-state index in [1.54, 1.807) is 18.5 Å². The van der Waals surface area contributed by atoms with Gasteiger partial charge in [0.05, 0.1) is 11.5 Å². The molecular weight excluding hydrogens is 421 g/mol. The first kappa shape index (κ1) is 20.3. The SMILES string of the molecule is CN1C(=O)[C@H]2CN(c3ncccn3)C[C@H]2C12CCN(S(=O)(=O)c1ccccc1F)CC2.